The summed E-state index contributed by atoms with van der Waals surface area (Å²) in [6.07, 6.45) is 0.758. The van der Waals surface area contributed by atoms with Crippen molar-refractivity contribution < 1.29 is 13.0 Å². The average Bonchev–Trinajstić information content (AvgIpc) is 2.89. The molecule has 0 aliphatic carbocycles. The third-order valence-electron chi connectivity index (χ3n) is 9.34. The molecule has 6 rings (SSSR count). The Kier molecular flexibility index (Phi) is 6.29. The highest BCUT2D eigenvalue weighted by Crippen LogP contribution is 2.40. The molecule has 0 fully saturated rings. The van der Waals surface area contributed by atoms with Crippen molar-refractivity contribution in [1.29, 1.82) is 0 Å². The number of rotatable bonds is 3. The van der Waals surface area contributed by atoms with Gasteiger partial charge in [0.15, 0.2) is 0 Å². The minimum absolute atomic E-state index is 0.0388. The molecule has 0 aliphatic heterocycles. The molecule has 0 aromatic heterocycles. The van der Waals surface area contributed by atoms with E-state index in [0.29, 0.717) is 5.39 Å². The Balaban J connectivity index is 1.70. The molecule has 41 heavy (non-hydrogen) atoms. The van der Waals surface area contributed by atoms with Crippen LogP contribution in [0.5, 0.6) is 0 Å². The van der Waals surface area contributed by atoms with Crippen molar-refractivity contribution >= 4 is 53.2 Å². The van der Waals surface area contributed by atoms with E-state index in [1.54, 1.807) is 6.07 Å². The molecule has 0 radical (unpaired) electrons. The van der Waals surface area contributed by atoms with Gasteiger partial charge in [0.05, 0.1) is 0 Å². The first-order valence-corrected chi connectivity index (χ1v) is 15.6. The van der Waals surface area contributed by atoms with Crippen molar-refractivity contribution in [2.45, 2.75) is 66.7 Å². The second-order valence-corrected chi connectivity index (χ2v) is 13.3. The lowest BCUT2D eigenvalue weighted by Gasteiger charge is -2.20. The van der Waals surface area contributed by atoms with Gasteiger partial charge < -0.3 is 0 Å². The summed E-state index contributed by atoms with van der Waals surface area (Å²) in [5, 5.41) is 8.93. The summed E-state index contributed by atoms with van der Waals surface area (Å²) < 4.78 is 34.7. The van der Waals surface area contributed by atoms with E-state index in [2.05, 4.69) is 84.9 Å². The number of benzene rings is 6. The van der Waals surface area contributed by atoms with Crippen LogP contribution in [0, 0.1) is 55.4 Å². The highest BCUT2D eigenvalue weighted by molar-refractivity contribution is 7.86. The van der Waals surface area contributed by atoms with Crippen LogP contribution < -0.4 is 0 Å². The molecule has 0 unspecified atom stereocenters. The molecule has 0 saturated heterocycles. The summed E-state index contributed by atoms with van der Waals surface area (Å²) in [4.78, 5) is -0.0388. The zero-order chi connectivity index (χ0) is 29.5. The number of aryl methyl sites for hydroxylation is 8. The van der Waals surface area contributed by atoms with E-state index >= 15 is 0 Å². The topological polar surface area (TPSA) is 54.4 Å². The Morgan fingerprint density at radius 1 is 0.488 bits per heavy atom. The van der Waals surface area contributed by atoms with Gasteiger partial charge in [-0.05, 0) is 173 Å². The fourth-order valence-electron chi connectivity index (χ4n) is 7.20. The Hall–Kier alpha value is -3.73. The van der Waals surface area contributed by atoms with E-state index in [0.717, 1.165) is 44.8 Å². The third-order valence-corrected chi connectivity index (χ3v) is 10.3. The van der Waals surface area contributed by atoms with Crippen molar-refractivity contribution in [3.05, 3.63) is 110 Å². The van der Waals surface area contributed by atoms with Crippen LogP contribution in [0.3, 0.4) is 0 Å². The maximum absolute atomic E-state index is 12.3. The Bertz CT molecular complexity index is 2220. The van der Waals surface area contributed by atoms with Crippen LogP contribution in [0.1, 0.15) is 55.6 Å². The minimum atomic E-state index is -4.37. The van der Waals surface area contributed by atoms with Crippen LogP contribution in [-0.4, -0.2) is 13.0 Å². The Labute approximate surface area is 242 Å². The Morgan fingerprint density at radius 2 is 1.00 bits per heavy atom. The second kappa shape index (κ2) is 9.40. The molecule has 0 aliphatic rings. The fraction of sp³-hybridized carbons (Fsp3) is 0.243. The first kappa shape index (κ1) is 27.4. The first-order chi connectivity index (χ1) is 19.3. The number of fused-ring (bicyclic) bond motifs is 4. The fourth-order valence-corrected chi connectivity index (χ4v) is 7.88. The molecule has 0 heterocycles. The van der Waals surface area contributed by atoms with E-state index in [4.69, 9.17) is 0 Å². The van der Waals surface area contributed by atoms with Gasteiger partial charge in [-0.2, -0.15) is 8.42 Å². The van der Waals surface area contributed by atoms with Gasteiger partial charge >= 0.3 is 0 Å². The SMILES string of the molecule is Cc1cc(Cc2ccc(C)c3c(C)c4c(C)ccc(C)c4cc23)c2c(C)c3c(C)ccc(S(=O)(=O)O)c3cc2c1C. The molecule has 3 nitrogen and oxygen atoms in total. The first-order valence-electron chi connectivity index (χ1n) is 14.1. The van der Waals surface area contributed by atoms with Gasteiger partial charge in [0.1, 0.15) is 4.90 Å². The minimum Gasteiger partial charge on any atom is -0.282 e. The van der Waals surface area contributed by atoms with Crippen molar-refractivity contribution in [3.63, 3.8) is 0 Å². The van der Waals surface area contributed by atoms with Gasteiger partial charge in [0, 0.05) is 5.39 Å². The highest BCUT2D eigenvalue weighted by Gasteiger charge is 2.21. The van der Waals surface area contributed by atoms with Gasteiger partial charge in [-0.25, -0.2) is 0 Å². The van der Waals surface area contributed by atoms with Crippen LogP contribution in [0.15, 0.2) is 59.5 Å². The van der Waals surface area contributed by atoms with Gasteiger partial charge in [0.25, 0.3) is 10.1 Å². The average molecular weight is 561 g/mol. The lowest BCUT2D eigenvalue weighted by Crippen LogP contribution is -2.03. The molecule has 4 heteroatoms. The predicted octanol–water partition coefficient (Wildman–Crippen LogP) is 9.60. The van der Waals surface area contributed by atoms with Gasteiger partial charge in [-0.1, -0.05) is 36.4 Å². The zero-order valence-corrected chi connectivity index (χ0v) is 25.9. The number of hydrogen-bond acceptors (Lipinski definition) is 2. The van der Waals surface area contributed by atoms with Gasteiger partial charge in [-0.3, -0.25) is 4.55 Å². The normalized spacial score (nSPS) is 12.3. The smallest absolute Gasteiger partial charge is 0.282 e. The molecule has 6 aromatic rings. The van der Waals surface area contributed by atoms with Gasteiger partial charge in [-0.15, -0.1) is 0 Å². The highest BCUT2D eigenvalue weighted by atomic mass is 32.2. The second-order valence-electron chi connectivity index (χ2n) is 11.9. The van der Waals surface area contributed by atoms with Crippen molar-refractivity contribution in [2.24, 2.45) is 0 Å². The van der Waals surface area contributed by atoms with E-state index < -0.39 is 10.1 Å². The predicted molar refractivity (Wildman–Crippen MR) is 173 cm³/mol. The van der Waals surface area contributed by atoms with Crippen molar-refractivity contribution in [3.8, 4) is 0 Å². The molecular weight excluding hydrogens is 524 g/mol. The molecule has 0 spiro atoms. The van der Waals surface area contributed by atoms with Crippen molar-refractivity contribution in [1.82, 2.24) is 0 Å². The van der Waals surface area contributed by atoms with Crippen LogP contribution in [-0.2, 0) is 16.5 Å². The lowest BCUT2D eigenvalue weighted by molar-refractivity contribution is 0.484. The summed E-state index contributed by atoms with van der Waals surface area (Å²) in [7, 11) is -4.37. The maximum Gasteiger partial charge on any atom is 0.295 e. The standard InChI is InChI=1S/C37H36O3S/c1-19-9-10-20(2)34-25(7)35-21(3)11-13-27(31(35)17-29(19)34)16-28-15-23(5)24(6)30-18-32-33(41(38,39)40)14-12-22(4)36(32)26(8)37(28)30/h9-15,17-18H,16H2,1-8H3,(H,38,39,40). The van der Waals surface area contributed by atoms with Crippen LogP contribution >= 0.6 is 0 Å². The third kappa shape index (κ3) is 4.15. The molecular formula is C37H36O3S. The van der Waals surface area contributed by atoms with E-state index in [1.165, 1.54) is 61.0 Å². The monoisotopic (exact) mass is 560 g/mol. The maximum atomic E-state index is 12.3. The number of hydrogen-bond donors (Lipinski definition) is 1. The summed E-state index contributed by atoms with van der Waals surface area (Å²) in [6.45, 7) is 17.1. The molecule has 208 valence electrons. The molecule has 0 saturated carbocycles. The molecule has 0 atom stereocenters. The quantitative estimate of drug-likeness (QED) is 0.173. The molecule has 6 aromatic carbocycles. The van der Waals surface area contributed by atoms with E-state index in [1.807, 2.05) is 13.0 Å². The van der Waals surface area contributed by atoms with E-state index in [-0.39, 0.29) is 4.90 Å². The summed E-state index contributed by atoms with van der Waals surface area (Å²) >= 11 is 0. The largest absolute Gasteiger partial charge is 0.295 e. The van der Waals surface area contributed by atoms with Gasteiger partial charge in [0.2, 0.25) is 0 Å². The van der Waals surface area contributed by atoms with Crippen LogP contribution in [0.25, 0.3) is 43.1 Å². The molecule has 0 amide bonds. The van der Waals surface area contributed by atoms with Crippen molar-refractivity contribution in [2.75, 3.05) is 0 Å². The molecule has 1 N–H and O–H groups in total. The molecule has 0 bridgehead atoms. The Morgan fingerprint density at radius 3 is 1.66 bits per heavy atom. The van der Waals surface area contributed by atoms with E-state index in [9.17, 15) is 13.0 Å². The summed E-state index contributed by atoms with van der Waals surface area (Å²) in [5.41, 5.74) is 12.0. The van der Waals surface area contributed by atoms with Crippen LogP contribution in [0.2, 0.25) is 0 Å². The van der Waals surface area contributed by atoms with Crippen LogP contribution in [0.4, 0.5) is 0 Å². The summed E-state index contributed by atoms with van der Waals surface area (Å²) in [6, 6.07) is 18.9. The summed E-state index contributed by atoms with van der Waals surface area (Å²) in [5.74, 6) is 0. The zero-order valence-electron chi connectivity index (χ0n) is 25.1. The lowest BCUT2D eigenvalue weighted by atomic mass is 9.84.